The second-order valence-corrected chi connectivity index (χ2v) is 4.96. The zero-order valence-corrected chi connectivity index (χ0v) is 11.5. The zero-order valence-electron chi connectivity index (χ0n) is 11.5. The van der Waals surface area contributed by atoms with Crippen LogP contribution >= 0.6 is 0 Å². The first-order chi connectivity index (χ1) is 9.41. The fraction of sp³-hybridized carbons (Fsp3) is 0.727. The highest BCUT2D eigenvalue weighted by atomic mass is 19.4. The van der Waals surface area contributed by atoms with Crippen LogP contribution in [-0.2, 0) is 14.4 Å². The van der Waals surface area contributed by atoms with Crippen molar-refractivity contribution in [1.82, 2.24) is 10.6 Å². The van der Waals surface area contributed by atoms with Crippen LogP contribution in [0.5, 0.6) is 0 Å². The Kier molecular flexibility index (Phi) is 6.61. The normalized spacial score (nSPS) is 15.0. The SMILES string of the molecule is CC(C)(NC=O)C(=O)NC(CCC(N)=O)C(O)C(F)(F)F. The summed E-state index contributed by atoms with van der Waals surface area (Å²) in [4.78, 5) is 32.8. The fourth-order valence-electron chi connectivity index (χ4n) is 1.40. The molecule has 122 valence electrons. The molecule has 2 atom stereocenters. The van der Waals surface area contributed by atoms with Crippen molar-refractivity contribution in [2.45, 2.75) is 50.6 Å². The topological polar surface area (TPSA) is 122 Å². The number of nitrogens with two attached hydrogens (primary N) is 1. The van der Waals surface area contributed by atoms with E-state index in [2.05, 4.69) is 5.32 Å². The molecule has 5 N–H and O–H groups in total. The van der Waals surface area contributed by atoms with Crippen LogP contribution in [0.25, 0.3) is 0 Å². The van der Waals surface area contributed by atoms with Crippen molar-refractivity contribution in [1.29, 1.82) is 0 Å². The number of carbonyl (C=O) groups is 3. The van der Waals surface area contributed by atoms with E-state index >= 15 is 0 Å². The Labute approximate surface area is 119 Å². The molecular formula is C11H18F3N3O4. The van der Waals surface area contributed by atoms with Gasteiger partial charge < -0.3 is 21.5 Å². The maximum atomic E-state index is 12.5. The highest BCUT2D eigenvalue weighted by Gasteiger charge is 2.45. The van der Waals surface area contributed by atoms with E-state index < -0.39 is 48.5 Å². The van der Waals surface area contributed by atoms with Crippen molar-refractivity contribution < 1.29 is 32.7 Å². The van der Waals surface area contributed by atoms with E-state index in [0.717, 1.165) is 0 Å². The number of aliphatic hydroxyl groups excluding tert-OH is 1. The molecule has 2 unspecified atom stereocenters. The van der Waals surface area contributed by atoms with E-state index in [1.807, 2.05) is 5.32 Å². The Morgan fingerprint density at radius 2 is 1.86 bits per heavy atom. The van der Waals surface area contributed by atoms with Gasteiger partial charge in [0.05, 0.1) is 6.04 Å². The molecule has 21 heavy (non-hydrogen) atoms. The highest BCUT2D eigenvalue weighted by molar-refractivity contribution is 5.87. The lowest BCUT2D eigenvalue weighted by atomic mass is 10.00. The number of carbonyl (C=O) groups excluding carboxylic acids is 3. The third-order valence-electron chi connectivity index (χ3n) is 2.72. The Morgan fingerprint density at radius 3 is 2.24 bits per heavy atom. The van der Waals surface area contributed by atoms with Gasteiger partial charge in [-0.3, -0.25) is 14.4 Å². The fourth-order valence-corrected chi connectivity index (χ4v) is 1.40. The molecule has 7 nitrogen and oxygen atoms in total. The summed E-state index contributed by atoms with van der Waals surface area (Å²) in [6.07, 6.45) is -8.54. The molecule has 0 aliphatic carbocycles. The van der Waals surface area contributed by atoms with E-state index in [1.54, 1.807) is 0 Å². The summed E-state index contributed by atoms with van der Waals surface area (Å²) in [5.41, 5.74) is 3.37. The largest absolute Gasteiger partial charge is 0.416 e. The molecule has 10 heteroatoms. The van der Waals surface area contributed by atoms with E-state index in [1.165, 1.54) is 13.8 Å². The summed E-state index contributed by atoms with van der Waals surface area (Å²) >= 11 is 0. The van der Waals surface area contributed by atoms with E-state index in [9.17, 15) is 32.7 Å². The van der Waals surface area contributed by atoms with Crippen LogP contribution in [0, 0.1) is 0 Å². The van der Waals surface area contributed by atoms with Crippen LogP contribution < -0.4 is 16.4 Å². The molecule has 0 aliphatic heterocycles. The third kappa shape index (κ3) is 6.43. The summed E-state index contributed by atoms with van der Waals surface area (Å²) in [6, 6.07) is -1.75. The Morgan fingerprint density at radius 1 is 1.33 bits per heavy atom. The van der Waals surface area contributed by atoms with Crippen LogP contribution in [0.15, 0.2) is 0 Å². The number of alkyl halides is 3. The minimum atomic E-state index is -4.97. The van der Waals surface area contributed by atoms with Gasteiger partial charge in [0.1, 0.15) is 5.54 Å². The Hall–Kier alpha value is -1.84. The molecule has 0 aromatic carbocycles. The van der Waals surface area contributed by atoms with Gasteiger partial charge in [-0.15, -0.1) is 0 Å². The quantitative estimate of drug-likeness (QED) is 0.438. The van der Waals surface area contributed by atoms with Crippen molar-refractivity contribution in [3.8, 4) is 0 Å². The van der Waals surface area contributed by atoms with Crippen LogP contribution in [0.4, 0.5) is 13.2 Å². The molecule has 0 heterocycles. The number of nitrogens with one attached hydrogen (secondary N) is 2. The standard InChI is InChI=1S/C11H18F3N3O4/c1-10(2,16-5-18)9(21)17-6(3-4-7(15)19)8(20)11(12,13)14/h5-6,8,20H,3-4H2,1-2H3,(H2,15,19)(H,16,18)(H,17,21). The zero-order chi connectivity index (χ0) is 16.8. The van der Waals surface area contributed by atoms with Crippen molar-refractivity contribution in [3.63, 3.8) is 0 Å². The average molecular weight is 313 g/mol. The molecule has 0 bridgehead atoms. The molecule has 0 aromatic rings. The number of rotatable bonds is 8. The number of primary amides is 1. The number of hydrogen-bond donors (Lipinski definition) is 4. The summed E-state index contributed by atoms with van der Waals surface area (Å²) < 4.78 is 37.6. The molecule has 0 rings (SSSR count). The second kappa shape index (κ2) is 7.25. The minimum absolute atomic E-state index is 0.220. The second-order valence-electron chi connectivity index (χ2n) is 4.96. The molecule has 0 aliphatic rings. The molecule has 0 saturated carbocycles. The van der Waals surface area contributed by atoms with Crippen LogP contribution in [0.3, 0.4) is 0 Å². The van der Waals surface area contributed by atoms with Gasteiger partial charge in [0, 0.05) is 6.42 Å². The molecule has 0 fully saturated rings. The molecule has 3 amide bonds. The van der Waals surface area contributed by atoms with Gasteiger partial charge in [-0.1, -0.05) is 0 Å². The predicted octanol–water partition coefficient (Wildman–Crippen LogP) is -0.816. The van der Waals surface area contributed by atoms with Crippen molar-refractivity contribution in [2.75, 3.05) is 0 Å². The number of halogens is 3. The maximum absolute atomic E-state index is 12.5. The monoisotopic (exact) mass is 313 g/mol. The number of hydrogen-bond acceptors (Lipinski definition) is 4. The minimum Gasteiger partial charge on any atom is -0.382 e. The molecule has 0 saturated heterocycles. The average Bonchev–Trinajstić information content (AvgIpc) is 2.31. The van der Waals surface area contributed by atoms with Crippen LogP contribution in [0.2, 0.25) is 0 Å². The number of aliphatic hydroxyl groups is 1. The summed E-state index contributed by atoms with van der Waals surface area (Å²) in [6.45, 7) is 2.53. The Bertz CT molecular complexity index is 399. The van der Waals surface area contributed by atoms with E-state index in [-0.39, 0.29) is 6.41 Å². The lowest BCUT2D eigenvalue weighted by Crippen LogP contribution is -2.58. The van der Waals surface area contributed by atoms with Crippen LogP contribution in [-0.4, -0.2) is 47.2 Å². The van der Waals surface area contributed by atoms with Crippen molar-refractivity contribution in [2.24, 2.45) is 5.73 Å². The summed E-state index contributed by atoms with van der Waals surface area (Å²) in [7, 11) is 0. The first-order valence-corrected chi connectivity index (χ1v) is 5.97. The van der Waals surface area contributed by atoms with Crippen LogP contribution in [0.1, 0.15) is 26.7 Å². The number of amides is 3. The lowest BCUT2D eigenvalue weighted by Gasteiger charge is -2.30. The van der Waals surface area contributed by atoms with E-state index in [0.29, 0.717) is 0 Å². The first-order valence-electron chi connectivity index (χ1n) is 5.97. The first kappa shape index (κ1) is 19.2. The molecule has 0 radical (unpaired) electrons. The van der Waals surface area contributed by atoms with Gasteiger partial charge in [0.2, 0.25) is 18.2 Å². The van der Waals surface area contributed by atoms with Gasteiger partial charge in [0.15, 0.2) is 6.10 Å². The van der Waals surface area contributed by atoms with E-state index in [4.69, 9.17) is 5.73 Å². The van der Waals surface area contributed by atoms with Gasteiger partial charge in [-0.05, 0) is 20.3 Å². The van der Waals surface area contributed by atoms with Gasteiger partial charge in [-0.2, -0.15) is 13.2 Å². The third-order valence-corrected chi connectivity index (χ3v) is 2.72. The van der Waals surface area contributed by atoms with Gasteiger partial charge in [0.25, 0.3) is 0 Å². The predicted molar refractivity (Wildman–Crippen MR) is 65.7 cm³/mol. The van der Waals surface area contributed by atoms with Gasteiger partial charge in [-0.25, -0.2) is 0 Å². The summed E-state index contributed by atoms with van der Waals surface area (Å²) in [5.74, 6) is -1.80. The smallest absolute Gasteiger partial charge is 0.382 e. The maximum Gasteiger partial charge on any atom is 0.416 e. The van der Waals surface area contributed by atoms with Crippen molar-refractivity contribution >= 4 is 18.2 Å². The lowest BCUT2D eigenvalue weighted by molar-refractivity contribution is -0.213. The molecule has 0 spiro atoms. The Balaban J connectivity index is 5.01. The summed E-state index contributed by atoms with van der Waals surface area (Å²) in [5, 5.41) is 13.3. The molecule has 0 aromatic heterocycles. The molecular weight excluding hydrogens is 295 g/mol. The van der Waals surface area contributed by atoms with Gasteiger partial charge >= 0.3 is 6.18 Å². The van der Waals surface area contributed by atoms with Crippen molar-refractivity contribution in [3.05, 3.63) is 0 Å². The highest BCUT2D eigenvalue weighted by Crippen LogP contribution is 2.24.